The molecule has 0 fully saturated rings. The Morgan fingerprint density at radius 3 is 2.23 bits per heavy atom. The second-order valence-corrected chi connectivity index (χ2v) is 4.75. The first-order chi connectivity index (χ1) is 10.6. The highest BCUT2D eigenvalue weighted by Crippen LogP contribution is 2.12. The van der Waals surface area contributed by atoms with Gasteiger partial charge in [0.25, 0.3) is 0 Å². The predicted octanol–water partition coefficient (Wildman–Crippen LogP) is 2.37. The van der Waals surface area contributed by atoms with E-state index in [-0.39, 0.29) is 6.04 Å². The molecule has 0 aliphatic heterocycles. The number of nitriles is 1. The number of hydrogen-bond acceptors (Lipinski definition) is 3. The van der Waals surface area contributed by atoms with Crippen LogP contribution in [0.4, 0.5) is 5.69 Å². The number of rotatable bonds is 3. The van der Waals surface area contributed by atoms with Crippen molar-refractivity contribution in [1.29, 1.82) is 5.26 Å². The monoisotopic (exact) mass is 293 g/mol. The molecular weight excluding hydrogens is 278 g/mol. The largest absolute Gasteiger partial charge is 0.341 e. The van der Waals surface area contributed by atoms with Crippen LogP contribution < -0.4 is 10.6 Å². The molecule has 0 spiro atoms. The molecule has 5 nitrogen and oxygen atoms in total. The van der Waals surface area contributed by atoms with Gasteiger partial charge in [-0.1, -0.05) is 30.3 Å². The maximum Gasteiger partial charge on any atom is 0.313 e. The third-order valence-corrected chi connectivity index (χ3v) is 3.13. The van der Waals surface area contributed by atoms with Crippen molar-refractivity contribution in [2.75, 3.05) is 5.32 Å². The van der Waals surface area contributed by atoms with Crippen molar-refractivity contribution >= 4 is 17.5 Å². The van der Waals surface area contributed by atoms with Gasteiger partial charge in [-0.25, -0.2) is 0 Å². The van der Waals surface area contributed by atoms with Crippen LogP contribution in [-0.2, 0) is 9.59 Å². The van der Waals surface area contributed by atoms with Gasteiger partial charge in [-0.15, -0.1) is 0 Å². The van der Waals surface area contributed by atoms with E-state index in [2.05, 4.69) is 10.6 Å². The van der Waals surface area contributed by atoms with Crippen molar-refractivity contribution in [2.24, 2.45) is 0 Å². The highest BCUT2D eigenvalue weighted by molar-refractivity contribution is 6.39. The average molecular weight is 293 g/mol. The lowest BCUT2D eigenvalue weighted by atomic mass is 10.1. The molecule has 1 atom stereocenters. The standard InChI is InChI=1S/C17H15N3O2/c1-12(14-5-3-2-4-6-14)19-16(21)17(22)20-15-9-7-13(11-18)8-10-15/h2-10,12H,1H3,(H,19,21)(H,20,22)/t12-/m1/s1. The van der Waals surface area contributed by atoms with E-state index in [9.17, 15) is 9.59 Å². The molecule has 0 bridgehead atoms. The van der Waals surface area contributed by atoms with Crippen molar-refractivity contribution in [1.82, 2.24) is 5.32 Å². The summed E-state index contributed by atoms with van der Waals surface area (Å²) in [6.07, 6.45) is 0. The Morgan fingerprint density at radius 1 is 1.00 bits per heavy atom. The van der Waals surface area contributed by atoms with Gasteiger partial charge in [0.05, 0.1) is 17.7 Å². The fraction of sp³-hybridized carbons (Fsp3) is 0.118. The zero-order valence-corrected chi connectivity index (χ0v) is 12.0. The second-order valence-electron chi connectivity index (χ2n) is 4.75. The van der Waals surface area contributed by atoms with E-state index in [1.807, 2.05) is 43.3 Å². The van der Waals surface area contributed by atoms with Gasteiger partial charge in [-0.3, -0.25) is 9.59 Å². The van der Waals surface area contributed by atoms with Crippen LogP contribution in [0, 0.1) is 11.3 Å². The number of nitrogens with one attached hydrogen (secondary N) is 2. The van der Waals surface area contributed by atoms with Crippen LogP contribution in [0.15, 0.2) is 54.6 Å². The minimum Gasteiger partial charge on any atom is -0.341 e. The molecule has 110 valence electrons. The Labute approximate surface area is 128 Å². The summed E-state index contributed by atoms with van der Waals surface area (Å²) >= 11 is 0. The summed E-state index contributed by atoms with van der Waals surface area (Å²) in [6, 6.07) is 17.4. The normalized spacial score (nSPS) is 11.1. The molecule has 2 aromatic carbocycles. The van der Waals surface area contributed by atoms with Gasteiger partial charge in [0.1, 0.15) is 0 Å². The molecule has 0 saturated heterocycles. The zero-order valence-electron chi connectivity index (χ0n) is 12.0. The number of amides is 2. The van der Waals surface area contributed by atoms with Crippen LogP contribution in [0.1, 0.15) is 24.1 Å². The van der Waals surface area contributed by atoms with E-state index in [1.54, 1.807) is 24.3 Å². The molecule has 2 N–H and O–H groups in total. The van der Waals surface area contributed by atoms with Crippen LogP contribution in [0.25, 0.3) is 0 Å². The van der Waals surface area contributed by atoms with E-state index < -0.39 is 11.8 Å². The van der Waals surface area contributed by atoms with Gasteiger partial charge in [0.2, 0.25) is 0 Å². The van der Waals surface area contributed by atoms with Crippen molar-refractivity contribution in [2.45, 2.75) is 13.0 Å². The van der Waals surface area contributed by atoms with Gasteiger partial charge >= 0.3 is 11.8 Å². The van der Waals surface area contributed by atoms with E-state index in [0.29, 0.717) is 11.3 Å². The minimum atomic E-state index is -0.743. The molecule has 0 saturated carbocycles. The molecule has 2 rings (SSSR count). The van der Waals surface area contributed by atoms with Gasteiger partial charge in [-0.05, 0) is 36.8 Å². The summed E-state index contributed by atoms with van der Waals surface area (Å²) in [5.41, 5.74) is 1.87. The fourth-order valence-corrected chi connectivity index (χ4v) is 1.90. The van der Waals surface area contributed by atoms with Gasteiger partial charge in [-0.2, -0.15) is 5.26 Å². The molecule has 0 heterocycles. The van der Waals surface area contributed by atoms with Crippen LogP contribution in [0.5, 0.6) is 0 Å². The first kappa shape index (κ1) is 15.3. The summed E-state index contributed by atoms with van der Waals surface area (Å²) in [4.78, 5) is 23.7. The Hall–Kier alpha value is -3.13. The molecule has 2 amide bonds. The Kier molecular flexibility index (Phi) is 4.89. The average Bonchev–Trinajstić information content (AvgIpc) is 2.56. The summed E-state index contributed by atoms with van der Waals surface area (Å²) in [6.45, 7) is 1.81. The van der Waals surface area contributed by atoms with E-state index in [0.717, 1.165) is 5.56 Å². The molecule has 0 aromatic heterocycles. The molecule has 2 aromatic rings. The lowest BCUT2D eigenvalue weighted by Crippen LogP contribution is -2.36. The zero-order chi connectivity index (χ0) is 15.9. The smallest absolute Gasteiger partial charge is 0.313 e. The van der Waals surface area contributed by atoms with Crippen LogP contribution in [0.3, 0.4) is 0 Å². The van der Waals surface area contributed by atoms with E-state index in [4.69, 9.17) is 5.26 Å². The predicted molar refractivity (Wildman–Crippen MR) is 82.8 cm³/mol. The number of hydrogen-bond donors (Lipinski definition) is 2. The van der Waals surface area contributed by atoms with Crippen molar-refractivity contribution < 1.29 is 9.59 Å². The number of carbonyl (C=O) groups excluding carboxylic acids is 2. The topological polar surface area (TPSA) is 82.0 Å². The first-order valence-corrected chi connectivity index (χ1v) is 6.77. The van der Waals surface area contributed by atoms with Crippen LogP contribution in [-0.4, -0.2) is 11.8 Å². The first-order valence-electron chi connectivity index (χ1n) is 6.77. The molecule has 5 heteroatoms. The summed E-state index contributed by atoms with van der Waals surface area (Å²) < 4.78 is 0. The Bertz CT molecular complexity index is 703. The lowest BCUT2D eigenvalue weighted by molar-refractivity contribution is -0.136. The van der Waals surface area contributed by atoms with Crippen LogP contribution in [0.2, 0.25) is 0 Å². The number of benzene rings is 2. The summed E-state index contributed by atoms with van der Waals surface area (Å²) in [5, 5.41) is 13.8. The summed E-state index contributed by atoms with van der Waals surface area (Å²) in [7, 11) is 0. The fourth-order valence-electron chi connectivity index (χ4n) is 1.90. The van der Waals surface area contributed by atoms with E-state index >= 15 is 0 Å². The van der Waals surface area contributed by atoms with Gasteiger partial charge in [0, 0.05) is 5.69 Å². The molecule has 0 radical (unpaired) electrons. The third-order valence-electron chi connectivity index (χ3n) is 3.13. The molecule has 0 aliphatic carbocycles. The molecule has 22 heavy (non-hydrogen) atoms. The Balaban J connectivity index is 1.94. The number of carbonyl (C=O) groups is 2. The van der Waals surface area contributed by atoms with Crippen molar-refractivity contribution in [3.05, 3.63) is 65.7 Å². The second kappa shape index (κ2) is 7.04. The van der Waals surface area contributed by atoms with Gasteiger partial charge in [0.15, 0.2) is 0 Å². The van der Waals surface area contributed by atoms with Crippen LogP contribution >= 0.6 is 0 Å². The molecular formula is C17H15N3O2. The summed E-state index contributed by atoms with van der Waals surface area (Å²) in [5.74, 6) is -1.45. The number of nitrogens with zero attached hydrogens (tertiary/aromatic N) is 1. The molecule has 0 unspecified atom stereocenters. The van der Waals surface area contributed by atoms with Crippen molar-refractivity contribution in [3.8, 4) is 6.07 Å². The highest BCUT2D eigenvalue weighted by Gasteiger charge is 2.17. The van der Waals surface area contributed by atoms with E-state index in [1.165, 1.54) is 0 Å². The highest BCUT2D eigenvalue weighted by atomic mass is 16.2. The number of anilines is 1. The van der Waals surface area contributed by atoms with Gasteiger partial charge < -0.3 is 10.6 Å². The minimum absolute atomic E-state index is 0.264. The third kappa shape index (κ3) is 3.93. The lowest BCUT2D eigenvalue weighted by Gasteiger charge is -2.14. The van der Waals surface area contributed by atoms with Crippen molar-refractivity contribution in [3.63, 3.8) is 0 Å². The maximum atomic E-state index is 11.9. The maximum absolute atomic E-state index is 11.9. The SMILES string of the molecule is C[C@@H](NC(=O)C(=O)Nc1ccc(C#N)cc1)c1ccccc1. The quantitative estimate of drug-likeness (QED) is 0.852. The molecule has 0 aliphatic rings. The Morgan fingerprint density at radius 2 is 1.64 bits per heavy atom.